The molecular formula is C6H12N2. The Hall–Kier alpha value is -0.0800. The van der Waals surface area contributed by atoms with Gasteiger partial charge in [0.1, 0.15) is 0 Å². The molecular weight excluding hydrogens is 100 g/mol. The zero-order valence-corrected chi connectivity index (χ0v) is 4.98. The second-order valence-corrected chi connectivity index (χ2v) is 2.70. The summed E-state index contributed by atoms with van der Waals surface area (Å²) in [4.78, 5) is 0. The van der Waals surface area contributed by atoms with Crippen LogP contribution in [0.25, 0.3) is 0 Å². The van der Waals surface area contributed by atoms with Crippen LogP contribution in [-0.4, -0.2) is 25.2 Å². The lowest BCUT2D eigenvalue weighted by atomic mass is 9.85. The first-order valence-electron chi connectivity index (χ1n) is 3.43. The van der Waals surface area contributed by atoms with Crippen LogP contribution in [0, 0.1) is 0 Å². The van der Waals surface area contributed by atoms with Crippen molar-refractivity contribution < 1.29 is 0 Å². The van der Waals surface area contributed by atoms with E-state index in [1.54, 1.807) is 0 Å². The van der Waals surface area contributed by atoms with Gasteiger partial charge in [0.15, 0.2) is 0 Å². The van der Waals surface area contributed by atoms with E-state index in [1.807, 2.05) is 0 Å². The molecule has 2 nitrogen and oxygen atoms in total. The normalized spacial score (nSPS) is 45.0. The van der Waals surface area contributed by atoms with Crippen LogP contribution < -0.4 is 10.6 Å². The van der Waals surface area contributed by atoms with Crippen LogP contribution in [0.5, 0.6) is 0 Å². The Morgan fingerprint density at radius 1 is 0.875 bits per heavy atom. The average molecular weight is 112 g/mol. The van der Waals surface area contributed by atoms with Gasteiger partial charge in [-0.1, -0.05) is 0 Å². The molecule has 0 aromatic heterocycles. The number of piperazine rings is 1. The topological polar surface area (TPSA) is 24.1 Å². The van der Waals surface area contributed by atoms with E-state index in [0.29, 0.717) is 0 Å². The monoisotopic (exact) mass is 112 g/mol. The maximum absolute atomic E-state index is 3.46. The van der Waals surface area contributed by atoms with Gasteiger partial charge >= 0.3 is 0 Å². The first-order valence-corrected chi connectivity index (χ1v) is 3.43. The summed E-state index contributed by atoms with van der Waals surface area (Å²) >= 11 is 0. The minimum absolute atomic E-state index is 0.823. The zero-order valence-electron chi connectivity index (χ0n) is 4.98. The quantitative estimate of drug-likeness (QED) is 0.450. The van der Waals surface area contributed by atoms with Crippen molar-refractivity contribution in [3.8, 4) is 0 Å². The molecule has 0 aromatic rings. The van der Waals surface area contributed by atoms with E-state index in [0.717, 1.165) is 12.1 Å². The molecule has 0 bridgehead atoms. The van der Waals surface area contributed by atoms with Crippen LogP contribution in [0.2, 0.25) is 0 Å². The molecule has 46 valence electrons. The molecule has 0 amide bonds. The molecule has 1 aliphatic carbocycles. The highest BCUT2D eigenvalue weighted by Gasteiger charge is 2.31. The highest BCUT2D eigenvalue weighted by atomic mass is 15.1. The molecule has 2 unspecified atom stereocenters. The van der Waals surface area contributed by atoms with Gasteiger partial charge in [-0.3, -0.25) is 0 Å². The van der Waals surface area contributed by atoms with Crippen molar-refractivity contribution >= 4 is 0 Å². The molecule has 2 atom stereocenters. The summed E-state index contributed by atoms with van der Waals surface area (Å²) in [5, 5.41) is 6.91. The Morgan fingerprint density at radius 3 is 1.62 bits per heavy atom. The third-order valence-electron chi connectivity index (χ3n) is 2.21. The minimum Gasteiger partial charge on any atom is -0.311 e. The SMILES string of the molecule is C1CNC2CCC2N1. The number of fused-ring (bicyclic) bond motifs is 1. The van der Waals surface area contributed by atoms with E-state index in [-0.39, 0.29) is 0 Å². The maximum Gasteiger partial charge on any atom is 0.0222 e. The van der Waals surface area contributed by atoms with E-state index in [4.69, 9.17) is 0 Å². The van der Waals surface area contributed by atoms with Gasteiger partial charge in [-0.25, -0.2) is 0 Å². The Bertz CT molecular complexity index is 80.5. The average Bonchev–Trinajstić information content (AvgIpc) is 1.72. The maximum atomic E-state index is 3.46. The first kappa shape index (κ1) is 4.77. The van der Waals surface area contributed by atoms with Crippen LogP contribution in [0.3, 0.4) is 0 Å². The van der Waals surface area contributed by atoms with Gasteiger partial charge in [0.2, 0.25) is 0 Å². The highest BCUT2D eigenvalue weighted by Crippen LogP contribution is 2.20. The van der Waals surface area contributed by atoms with Crippen LogP contribution in [0.15, 0.2) is 0 Å². The molecule has 1 aliphatic heterocycles. The minimum atomic E-state index is 0.823. The van der Waals surface area contributed by atoms with Crippen molar-refractivity contribution in [3.05, 3.63) is 0 Å². The summed E-state index contributed by atoms with van der Waals surface area (Å²) < 4.78 is 0. The van der Waals surface area contributed by atoms with Crippen LogP contribution >= 0.6 is 0 Å². The lowest BCUT2D eigenvalue weighted by Crippen LogP contribution is -2.61. The lowest BCUT2D eigenvalue weighted by molar-refractivity contribution is 0.206. The molecule has 2 heteroatoms. The van der Waals surface area contributed by atoms with Gasteiger partial charge < -0.3 is 10.6 Å². The number of hydrogen-bond donors (Lipinski definition) is 2. The van der Waals surface area contributed by atoms with Crippen LogP contribution in [0.1, 0.15) is 12.8 Å². The highest BCUT2D eigenvalue weighted by molar-refractivity contribution is 4.95. The summed E-state index contributed by atoms with van der Waals surface area (Å²) in [7, 11) is 0. The van der Waals surface area contributed by atoms with Gasteiger partial charge in [-0.05, 0) is 12.8 Å². The Balaban J connectivity index is 1.92. The standard InChI is InChI=1S/C6H12N2/c1-2-6-5(1)7-3-4-8-6/h5-8H,1-4H2. The fourth-order valence-electron chi connectivity index (χ4n) is 1.50. The summed E-state index contributed by atoms with van der Waals surface area (Å²) in [5.74, 6) is 0. The van der Waals surface area contributed by atoms with Crippen molar-refractivity contribution in [2.24, 2.45) is 0 Å². The Labute approximate surface area is 49.7 Å². The first-order chi connectivity index (χ1) is 3.97. The Morgan fingerprint density at radius 2 is 1.38 bits per heavy atom. The van der Waals surface area contributed by atoms with Crippen LogP contribution in [0.4, 0.5) is 0 Å². The molecule has 2 aliphatic rings. The Kier molecular flexibility index (Phi) is 1.02. The van der Waals surface area contributed by atoms with Crippen molar-refractivity contribution in [1.82, 2.24) is 10.6 Å². The summed E-state index contributed by atoms with van der Waals surface area (Å²) in [5.41, 5.74) is 0. The smallest absolute Gasteiger partial charge is 0.0222 e. The van der Waals surface area contributed by atoms with E-state index in [2.05, 4.69) is 10.6 Å². The molecule has 2 rings (SSSR count). The molecule has 1 saturated heterocycles. The molecule has 0 spiro atoms. The van der Waals surface area contributed by atoms with Crippen LogP contribution in [-0.2, 0) is 0 Å². The van der Waals surface area contributed by atoms with E-state index >= 15 is 0 Å². The molecule has 0 aromatic carbocycles. The number of nitrogens with one attached hydrogen (secondary N) is 2. The van der Waals surface area contributed by atoms with Crippen molar-refractivity contribution in [2.75, 3.05) is 13.1 Å². The van der Waals surface area contributed by atoms with Gasteiger partial charge in [-0.15, -0.1) is 0 Å². The van der Waals surface area contributed by atoms with Crippen molar-refractivity contribution in [2.45, 2.75) is 24.9 Å². The van der Waals surface area contributed by atoms with E-state index in [9.17, 15) is 0 Å². The van der Waals surface area contributed by atoms with Crippen molar-refractivity contribution in [1.29, 1.82) is 0 Å². The fourth-order valence-corrected chi connectivity index (χ4v) is 1.50. The summed E-state index contributed by atoms with van der Waals surface area (Å²) in [6.45, 7) is 2.34. The summed E-state index contributed by atoms with van der Waals surface area (Å²) in [6, 6.07) is 1.65. The molecule has 1 heterocycles. The second-order valence-electron chi connectivity index (χ2n) is 2.70. The lowest BCUT2D eigenvalue weighted by Gasteiger charge is -2.41. The van der Waals surface area contributed by atoms with Gasteiger partial charge in [0, 0.05) is 25.2 Å². The molecule has 2 fully saturated rings. The third-order valence-corrected chi connectivity index (χ3v) is 2.21. The number of hydrogen-bond acceptors (Lipinski definition) is 2. The molecule has 0 radical (unpaired) electrons. The van der Waals surface area contributed by atoms with Crippen molar-refractivity contribution in [3.63, 3.8) is 0 Å². The van der Waals surface area contributed by atoms with E-state index in [1.165, 1.54) is 25.9 Å². The molecule has 1 saturated carbocycles. The largest absolute Gasteiger partial charge is 0.311 e. The fraction of sp³-hybridized carbons (Fsp3) is 1.00. The molecule has 8 heavy (non-hydrogen) atoms. The van der Waals surface area contributed by atoms with E-state index < -0.39 is 0 Å². The van der Waals surface area contributed by atoms with Gasteiger partial charge in [-0.2, -0.15) is 0 Å². The summed E-state index contributed by atoms with van der Waals surface area (Å²) in [6.07, 6.45) is 2.77. The van der Waals surface area contributed by atoms with Gasteiger partial charge in [0.05, 0.1) is 0 Å². The predicted molar refractivity (Wildman–Crippen MR) is 32.8 cm³/mol. The number of rotatable bonds is 0. The third kappa shape index (κ3) is 0.565. The second kappa shape index (κ2) is 1.71. The molecule has 2 N–H and O–H groups in total. The predicted octanol–water partition coefficient (Wildman–Crippen LogP) is -0.290. The zero-order chi connectivity index (χ0) is 5.40. The van der Waals surface area contributed by atoms with Gasteiger partial charge in [0.25, 0.3) is 0 Å².